The highest BCUT2D eigenvalue weighted by Gasteiger charge is 2.23. The molecule has 134 valence electrons. The fourth-order valence-electron chi connectivity index (χ4n) is 3.56. The smallest absolute Gasteiger partial charge is 0.227 e. The summed E-state index contributed by atoms with van der Waals surface area (Å²) in [5.74, 6) is 1.59. The molecule has 0 bridgehead atoms. The van der Waals surface area contributed by atoms with Crippen molar-refractivity contribution in [2.24, 2.45) is 0 Å². The maximum absolute atomic E-state index is 6.17. The van der Waals surface area contributed by atoms with Crippen molar-refractivity contribution in [1.82, 2.24) is 9.97 Å². The average molecular weight is 348 g/mol. The first-order valence-corrected chi connectivity index (χ1v) is 9.06. The van der Waals surface area contributed by atoms with Gasteiger partial charge in [-0.25, -0.2) is 9.97 Å². The summed E-state index contributed by atoms with van der Waals surface area (Å²) >= 11 is 0. The largest absolute Gasteiger partial charge is 0.441 e. The maximum atomic E-state index is 6.17. The van der Waals surface area contributed by atoms with Crippen LogP contribution in [0.2, 0.25) is 0 Å². The van der Waals surface area contributed by atoms with E-state index >= 15 is 0 Å². The van der Waals surface area contributed by atoms with Crippen LogP contribution in [0.25, 0.3) is 33.7 Å². The molecule has 4 nitrogen and oxygen atoms in total. The molecule has 0 radical (unpaired) electrons. The number of hydrogen-bond acceptors (Lipinski definition) is 4. The lowest BCUT2D eigenvalue weighted by Crippen LogP contribution is -2.11. The second-order valence-electron chi connectivity index (χ2n) is 8.18. The molecule has 2 heterocycles. The number of nitrogens with zero attached hydrogens (tertiary/aromatic N) is 2. The molecule has 4 rings (SSSR count). The molecule has 0 spiro atoms. The van der Waals surface area contributed by atoms with E-state index in [1.54, 1.807) is 0 Å². The molecule has 4 aromatic rings. The summed E-state index contributed by atoms with van der Waals surface area (Å²) in [6.45, 7) is 12.8. The summed E-state index contributed by atoms with van der Waals surface area (Å²) in [6, 6.07) is 10.1. The van der Waals surface area contributed by atoms with E-state index in [0.717, 1.165) is 33.3 Å². The normalized spacial score (nSPS) is 12.6. The van der Waals surface area contributed by atoms with Gasteiger partial charge in [-0.1, -0.05) is 46.8 Å². The molecular formula is C22H24N2O2. The van der Waals surface area contributed by atoms with Crippen molar-refractivity contribution >= 4 is 22.2 Å². The van der Waals surface area contributed by atoms with Crippen LogP contribution in [0.1, 0.15) is 57.6 Å². The van der Waals surface area contributed by atoms with Crippen LogP contribution in [0.3, 0.4) is 0 Å². The molecule has 4 heteroatoms. The molecule has 0 amide bonds. The topological polar surface area (TPSA) is 52.1 Å². The van der Waals surface area contributed by atoms with E-state index < -0.39 is 0 Å². The van der Waals surface area contributed by atoms with Crippen LogP contribution in [0, 0.1) is 6.92 Å². The molecule has 0 fully saturated rings. The van der Waals surface area contributed by atoms with Crippen molar-refractivity contribution in [3.63, 3.8) is 0 Å². The van der Waals surface area contributed by atoms with Gasteiger partial charge in [0.1, 0.15) is 11.0 Å². The highest BCUT2D eigenvalue weighted by atomic mass is 16.4. The van der Waals surface area contributed by atoms with Gasteiger partial charge in [0.05, 0.1) is 0 Å². The van der Waals surface area contributed by atoms with E-state index in [-0.39, 0.29) is 11.3 Å². The number of aryl methyl sites for hydroxylation is 1. The number of benzene rings is 2. The molecule has 2 aromatic carbocycles. The van der Waals surface area contributed by atoms with Gasteiger partial charge in [-0.05, 0) is 40.7 Å². The Bertz CT molecular complexity index is 1110. The molecule has 2 aromatic heterocycles. The van der Waals surface area contributed by atoms with Crippen LogP contribution in [0.5, 0.6) is 0 Å². The number of oxazole rings is 2. The minimum absolute atomic E-state index is 0.00170. The van der Waals surface area contributed by atoms with Crippen molar-refractivity contribution in [3.8, 4) is 11.5 Å². The first kappa shape index (κ1) is 16.8. The number of para-hydroxylation sites is 1. The lowest BCUT2D eigenvalue weighted by atomic mass is 9.86. The van der Waals surface area contributed by atoms with Crippen LogP contribution in [-0.4, -0.2) is 9.97 Å². The lowest BCUT2D eigenvalue weighted by Gasteiger charge is -2.18. The van der Waals surface area contributed by atoms with Gasteiger partial charge in [0.15, 0.2) is 17.1 Å². The zero-order chi connectivity index (χ0) is 18.6. The average Bonchev–Trinajstić information content (AvgIpc) is 3.13. The highest BCUT2D eigenvalue weighted by Crippen LogP contribution is 2.38. The summed E-state index contributed by atoms with van der Waals surface area (Å²) in [5, 5.41) is 0. The second-order valence-corrected chi connectivity index (χ2v) is 8.18. The molecule has 0 aliphatic carbocycles. The van der Waals surface area contributed by atoms with Gasteiger partial charge in [0, 0.05) is 12.5 Å². The third-order valence-electron chi connectivity index (χ3n) is 4.74. The molecule has 0 unspecified atom stereocenters. The van der Waals surface area contributed by atoms with Gasteiger partial charge in [-0.3, -0.25) is 0 Å². The number of hydrogen-bond donors (Lipinski definition) is 0. The van der Waals surface area contributed by atoms with Crippen molar-refractivity contribution < 1.29 is 8.83 Å². The van der Waals surface area contributed by atoms with Gasteiger partial charge in [-0.15, -0.1) is 0 Å². The van der Waals surface area contributed by atoms with E-state index in [2.05, 4.69) is 45.7 Å². The Balaban J connectivity index is 2.00. The quantitative estimate of drug-likeness (QED) is 0.422. The lowest BCUT2D eigenvalue weighted by molar-refractivity contribution is 0.561. The van der Waals surface area contributed by atoms with Gasteiger partial charge in [-0.2, -0.15) is 0 Å². The minimum atomic E-state index is 0.00170. The SMILES string of the molecule is Cc1nc2c(C(C)C)c(-c3nc4c(C(C)(C)C)cccc4o3)ccc2o1. The van der Waals surface area contributed by atoms with Crippen molar-refractivity contribution in [3.05, 3.63) is 47.3 Å². The molecule has 0 aliphatic rings. The van der Waals surface area contributed by atoms with Crippen LogP contribution >= 0.6 is 0 Å². The summed E-state index contributed by atoms with van der Waals surface area (Å²) in [7, 11) is 0. The minimum Gasteiger partial charge on any atom is -0.441 e. The summed E-state index contributed by atoms with van der Waals surface area (Å²) in [5.41, 5.74) is 6.74. The van der Waals surface area contributed by atoms with Crippen LogP contribution in [-0.2, 0) is 5.41 Å². The van der Waals surface area contributed by atoms with Gasteiger partial charge >= 0.3 is 0 Å². The van der Waals surface area contributed by atoms with Crippen LogP contribution < -0.4 is 0 Å². The molecule has 0 saturated carbocycles. The Morgan fingerprint density at radius 1 is 0.885 bits per heavy atom. The maximum Gasteiger partial charge on any atom is 0.227 e. The Morgan fingerprint density at radius 2 is 1.62 bits per heavy atom. The van der Waals surface area contributed by atoms with Gasteiger partial charge < -0.3 is 8.83 Å². The third-order valence-corrected chi connectivity index (χ3v) is 4.74. The summed E-state index contributed by atoms with van der Waals surface area (Å²) in [6.07, 6.45) is 0. The fourth-order valence-corrected chi connectivity index (χ4v) is 3.56. The first-order valence-electron chi connectivity index (χ1n) is 9.06. The monoisotopic (exact) mass is 348 g/mol. The third kappa shape index (κ3) is 2.61. The molecule has 0 aliphatic heterocycles. The zero-order valence-corrected chi connectivity index (χ0v) is 16.2. The Hall–Kier alpha value is -2.62. The molecule has 0 saturated heterocycles. The predicted octanol–water partition coefficient (Wildman–Crippen LogP) is 6.37. The Kier molecular flexibility index (Phi) is 3.69. The van der Waals surface area contributed by atoms with E-state index in [9.17, 15) is 0 Å². The Labute approximate surface area is 153 Å². The number of aromatic nitrogens is 2. The van der Waals surface area contributed by atoms with Crippen molar-refractivity contribution in [2.75, 3.05) is 0 Å². The molecule has 0 atom stereocenters. The van der Waals surface area contributed by atoms with E-state index in [1.165, 1.54) is 5.56 Å². The molecule has 26 heavy (non-hydrogen) atoms. The first-order chi connectivity index (χ1) is 12.3. The summed E-state index contributed by atoms with van der Waals surface area (Å²) < 4.78 is 11.9. The molecular weight excluding hydrogens is 324 g/mol. The van der Waals surface area contributed by atoms with Crippen molar-refractivity contribution in [2.45, 2.75) is 52.9 Å². The van der Waals surface area contributed by atoms with E-state index in [0.29, 0.717) is 11.8 Å². The second kappa shape index (κ2) is 5.70. The van der Waals surface area contributed by atoms with Crippen molar-refractivity contribution in [1.29, 1.82) is 0 Å². The van der Waals surface area contributed by atoms with Gasteiger partial charge in [0.2, 0.25) is 5.89 Å². The highest BCUT2D eigenvalue weighted by molar-refractivity contribution is 5.87. The Morgan fingerprint density at radius 3 is 2.31 bits per heavy atom. The van der Waals surface area contributed by atoms with Crippen LogP contribution in [0.4, 0.5) is 0 Å². The molecule has 0 N–H and O–H groups in total. The summed E-state index contributed by atoms with van der Waals surface area (Å²) in [4.78, 5) is 9.48. The van der Waals surface area contributed by atoms with Crippen LogP contribution in [0.15, 0.2) is 39.2 Å². The standard InChI is InChI=1S/C22H24N2O2/c1-12(2)18-14(10-11-17-20(18)23-13(3)25-17)21-24-19-15(22(4,5)6)8-7-9-16(19)26-21/h7-12H,1-6H3. The predicted molar refractivity (Wildman–Crippen MR) is 105 cm³/mol. The number of fused-ring (bicyclic) bond motifs is 2. The zero-order valence-electron chi connectivity index (χ0n) is 16.2. The van der Waals surface area contributed by atoms with E-state index in [1.807, 2.05) is 31.2 Å². The number of rotatable bonds is 2. The van der Waals surface area contributed by atoms with Gasteiger partial charge in [0.25, 0.3) is 0 Å². The fraction of sp³-hybridized carbons (Fsp3) is 0.364. The van der Waals surface area contributed by atoms with E-state index in [4.69, 9.17) is 13.8 Å².